The van der Waals surface area contributed by atoms with E-state index in [4.69, 9.17) is 4.74 Å². The molecule has 0 aliphatic heterocycles. The topological polar surface area (TPSA) is 41.6 Å². The minimum atomic E-state index is -0.135. The molecular weight excluding hydrogens is 252 g/mol. The van der Waals surface area contributed by atoms with E-state index in [1.807, 2.05) is 30.3 Å². The first-order valence-electron chi connectivity index (χ1n) is 6.40. The highest BCUT2D eigenvalue weighted by molar-refractivity contribution is 5.93. The van der Waals surface area contributed by atoms with Gasteiger partial charge in [-0.05, 0) is 29.8 Å². The Morgan fingerprint density at radius 3 is 2.30 bits per heavy atom. The normalized spacial score (nSPS) is 10.3. The van der Waals surface area contributed by atoms with Crippen molar-refractivity contribution in [2.45, 2.75) is 6.61 Å². The molecule has 20 heavy (non-hydrogen) atoms. The van der Waals surface area contributed by atoms with E-state index < -0.39 is 0 Å². The number of hydrogen-bond donors (Lipinski definition) is 1. The maximum atomic E-state index is 11.8. The van der Waals surface area contributed by atoms with Crippen molar-refractivity contribution in [2.24, 2.45) is 0 Å². The quantitative estimate of drug-likeness (QED) is 0.849. The van der Waals surface area contributed by atoms with Gasteiger partial charge < -0.3 is 4.74 Å². The molecule has 0 heterocycles. The number of rotatable bonds is 5. The lowest BCUT2D eigenvalue weighted by Crippen LogP contribution is -2.36. The van der Waals surface area contributed by atoms with E-state index in [-0.39, 0.29) is 5.91 Å². The molecule has 2 aromatic carbocycles. The van der Waals surface area contributed by atoms with Crippen LogP contribution in [0.2, 0.25) is 0 Å². The fourth-order valence-corrected chi connectivity index (χ4v) is 1.71. The first-order chi connectivity index (χ1) is 9.65. The van der Waals surface area contributed by atoms with Gasteiger partial charge in [0.2, 0.25) is 0 Å². The van der Waals surface area contributed by atoms with Gasteiger partial charge >= 0.3 is 0 Å². The molecule has 2 rings (SSSR count). The predicted octanol–water partition coefficient (Wildman–Crippen LogP) is 2.47. The molecule has 1 amide bonds. The number of nitrogens with one attached hydrogen (secondary N) is 1. The summed E-state index contributed by atoms with van der Waals surface area (Å²) < 4.78 is 5.67. The molecule has 0 aliphatic rings. The Hall–Kier alpha value is -2.33. The molecule has 4 heteroatoms. The molecule has 0 saturated heterocycles. The number of amides is 1. The standard InChI is InChI=1S/C16H18N2O2/c1-18(2)17-16(19)14-8-10-15(11-9-14)20-12-13-6-4-3-5-7-13/h3-11H,12H2,1-2H3,(H,17,19). The van der Waals surface area contributed by atoms with Crippen LogP contribution in [0.5, 0.6) is 5.75 Å². The van der Waals surface area contributed by atoms with Crippen LogP contribution < -0.4 is 10.2 Å². The molecule has 0 bridgehead atoms. The minimum Gasteiger partial charge on any atom is -0.489 e. The van der Waals surface area contributed by atoms with Gasteiger partial charge in [-0.1, -0.05) is 30.3 Å². The molecule has 0 aromatic heterocycles. The molecule has 0 aliphatic carbocycles. The average Bonchev–Trinajstić information content (AvgIpc) is 2.46. The first-order valence-corrected chi connectivity index (χ1v) is 6.40. The van der Waals surface area contributed by atoms with Crippen molar-refractivity contribution in [1.82, 2.24) is 10.4 Å². The van der Waals surface area contributed by atoms with Crippen LogP contribution in [-0.4, -0.2) is 25.0 Å². The Morgan fingerprint density at radius 1 is 1.05 bits per heavy atom. The van der Waals surface area contributed by atoms with Crippen molar-refractivity contribution in [3.8, 4) is 5.75 Å². The molecule has 0 fully saturated rings. The summed E-state index contributed by atoms with van der Waals surface area (Å²) in [6.07, 6.45) is 0. The number of hydrazine groups is 1. The van der Waals surface area contributed by atoms with Crippen LogP contribution in [0, 0.1) is 0 Å². The number of nitrogens with zero attached hydrogens (tertiary/aromatic N) is 1. The van der Waals surface area contributed by atoms with Gasteiger partial charge in [0, 0.05) is 19.7 Å². The summed E-state index contributed by atoms with van der Waals surface area (Å²) in [6.45, 7) is 0.518. The van der Waals surface area contributed by atoms with Crippen LogP contribution in [0.25, 0.3) is 0 Å². The summed E-state index contributed by atoms with van der Waals surface area (Å²) in [5, 5.41) is 1.61. The van der Waals surface area contributed by atoms with Crippen molar-refractivity contribution < 1.29 is 9.53 Å². The van der Waals surface area contributed by atoms with Gasteiger partial charge in [-0.15, -0.1) is 0 Å². The molecule has 104 valence electrons. The molecule has 1 N–H and O–H groups in total. The average molecular weight is 270 g/mol. The summed E-state index contributed by atoms with van der Waals surface area (Å²) in [5.41, 5.74) is 4.41. The maximum absolute atomic E-state index is 11.8. The summed E-state index contributed by atoms with van der Waals surface area (Å²) in [4.78, 5) is 11.8. The van der Waals surface area contributed by atoms with Gasteiger partial charge in [-0.25, -0.2) is 5.01 Å². The second kappa shape index (κ2) is 6.73. The van der Waals surface area contributed by atoms with E-state index in [2.05, 4.69) is 5.43 Å². The van der Waals surface area contributed by atoms with Crippen molar-refractivity contribution in [3.63, 3.8) is 0 Å². The van der Waals surface area contributed by atoms with Crippen molar-refractivity contribution in [3.05, 3.63) is 65.7 Å². The lowest BCUT2D eigenvalue weighted by molar-refractivity contribution is 0.0857. The van der Waals surface area contributed by atoms with Crippen molar-refractivity contribution in [1.29, 1.82) is 0 Å². The van der Waals surface area contributed by atoms with Crippen LogP contribution in [0.1, 0.15) is 15.9 Å². The van der Waals surface area contributed by atoms with Crippen molar-refractivity contribution in [2.75, 3.05) is 14.1 Å². The zero-order valence-corrected chi connectivity index (χ0v) is 11.7. The third-order valence-electron chi connectivity index (χ3n) is 2.69. The fraction of sp³-hybridized carbons (Fsp3) is 0.188. The lowest BCUT2D eigenvalue weighted by atomic mass is 10.2. The molecule has 4 nitrogen and oxygen atoms in total. The fourth-order valence-electron chi connectivity index (χ4n) is 1.71. The summed E-state index contributed by atoms with van der Waals surface area (Å²) in [5.74, 6) is 0.611. The Bertz CT molecular complexity index is 550. The molecule has 2 aromatic rings. The van der Waals surface area contributed by atoms with E-state index in [0.29, 0.717) is 12.2 Å². The van der Waals surface area contributed by atoms with Crippen LogP contribution in [0.4, 0.5) is 0 Å². The SMILES string of the molecule is CN(C)NC(=O)c1ccc(OCc2ccccc2)cc1. The van der Waals surface area contributed by atoms with E-state index >= 15 is 0 Å². The van der Waals surface area contributed by atoms with Gasteiger partial charge in [0.05, 0.1) is 0 Å². The number of carbonyl (C=O) groups excluding carboxylic acids is 1. The molecule has 0 unspecified atom stereocenters. The van der Waals surface area contributed by atoms with E-state index in [0.717, 1.165) is 11.3 Å². The third-order valence-corrected chi connectivity index (χ3v) is 2.69. The Labute approximate surface area is 119 Å². The summed E-state index contributed by atoms with van der Waals surface area (Å²) >= 11 is 0. The highest BCUT2D eigenvalue weighted by Gasteiger charge is 2.05. The van der Waals surface area contributed by atoms with Crippen LogP contribution >= 0.6 is 0 Å². The van der Waals surface area contributed by atoms with Crippen LogP contribution in [-0.2, 0) is 6.61 Å². The van der Waals surface area contributed by atoms with Crippen molar-refractivity contribution >= 4 is 5.91 Å². The number of carbonyl (C=O) groups is 1. The van der Waals surface area contributed by atoms with Gasteiger partial charge in [0.15, 0.2) is 0 Å². The Balaban J connectivity index is 1.93. The Kier molecular flexibility index (Phi) is 4.74. The minimum absolute atomic E-state index is 0.135. The van der Waals surface area contributed by atoms with Gasteiger partial charge in [0.25, 0.3) is 5.91 Å². The van der Waals surface area contributed by atoms with E-state index in [9.17, 15) is 4.79 Å². The lowest BCUT2D eigenvalue weighted by Gasteiger charge is -2.12. The molecule has 0 spiro atoms. The van der Waals surface area contributed by atoms with Gasteiger partial charge in [0.1, 0.15) is 12.4 Å². The summed E-state index contributed by atoms with van der Waals surface area (Å²) in [6, 6.07) is 17.1. The zero-order valence-electron chi connectivity index (χ0n) is 11.7. The second-order valence-electron chi connectivity index (χ2n) is 4.63. The molecule has 0 radical (unpaired) electrons. The zero-order chi connectivity index (χ0) is 14.4. The molecule has 0 atom stereocenters. The van der Waals surface area contributed by atoms with Gasteiger partial charge in [-0.2, -0.15) is 0 Å². The second-order valence-corrected chi connectivity index (χ2v) is 4.63. The third kappa shape index (κ3) is 4.10. The van der Waals surface area contributed by atoms with Crippen LogP contribution in [0.3, 0.4) is 0 Å². The Morgan fingerprint density at radius 2 is 1.70 bits per heavy atom. The number of hydrogen-bond acceptors (Lipinski definition) is 3. The van der Waals surface area contributed by atoms with Crippen LogP contribution in [0.15, 0.2) is 54.6 Å². The highest BCUT2D eigenvalue weighted by atomic mass is 16.5. The van der Waals surface area contributed by atoms with E-state index in [1.54, 1.807) is 43.4 Å². The molecule has 0 saturated carbocycles. The smallest absolute Gasteiger partial charge is 0.265 e. The maximum Gasteiger partial charge on any atom is 0.265 e. The summed E-state index contributed by atoms with van der Waals surface area (Å²) in [7, 11) is 3.55. The number of ether oxygens (including phenoxy) is 1. The molecular formula is C16H18N2O2. The van der Waals surface area contributed by atoms with E-state index in [1.165, 1.54) is 0 Å². The first kappa shape index (κ1) is 14.1. The monoisotopic (exact) mass is 270 g/mol. The number of benzene rings is 2. The van der Waals surface area contributed by atoms with Gasteiger partial charge in [-0.3, -0.25) is 10.2 Å². The predicted molar refractivity (Wildman–Crippen MR) is 78.4 cm³/mol. The highest BCUT2D eigenvalue weighted by Crippen LogP contribution is 2.14. The largest absolute Gasteiger partial charge is 0.489 e.